The van der Waals surface area contributed by atoms with E-state index in [9.17, 15) is 19.2 Å². The molecule has 2 unspecified atom stereocenters. The maximum atomic E-state index is 11.5. The van der Waals surface area contributed by atoms with Gasteiger partial charge in [-0.15, -0.1) is 0 Å². The first-order valence-corrected chi connectivity index (χ1v) is 6.37. The van der Waals surface area contributed by atoms with Crippen molar-refractivity contribution in [1.82, 2.24) is 10.6 Å². The molecule has 10 heteroatoms. The van der Waals surface area contributed by atoms with Crippen molar-refractivity contribution in [2.45, 2.75) is 24.9 Å². The van der Waals surface area contributed by atoms with Crippen LogP contribution in [-0.2, 0) is 28.7 Å². The Morgan fingerprint density at radius 3 is 1.86 bits per heavy atom. The van der Waals surface area contributed by atoms with Crippen molar-refractivity contribution in [2.24, 2.45) is 0 Å². The van der Waals surface area contributed by atoms with E-state index in [1.165, 1.54) is 14.2 Å². The summed E-state index contributed by atoms with van der Waals surface area (Å²) in [5.41, 5.74) is 0. The van der Waals surface area contributed by atoms with Gasteiger partial charge in [0.15, 0.2) is 0 Å². The Morgan fingerprint density at radius 2 is 1.45 bits per heavy atom. The minimum atomic E-state index is -1.29. The van der Waals surface area contributed by atoms with E-state index in [1.807, 2.05) is 0 Å². The Hall–Kier alpha value is -2.20. The number of methoxy groups -OCH3 is 2. The normalized spacial score (nSPS) is 13.0. The van der Waals surface area contributed by atoms with Gasteiger partial charge in [0.2, 0.25) is 0 Å². The summed E-state index contributed by atoms with van der Waals surface area (Å²) in [6.07, 6.45) is -0.807. The van der Waals surface area contributed by atoms with E-state index in [2.05, 4.69) is 20.1 Å². The Kier molecular flexibility index (Phi) is 9.46. The summed E-state index contributed by atoms with van der Waals surface area (Å²) in [6, 6.07) is -2.17. The fourth-order valence-corrected chi connectivity index (χ4v) is 1.55. The summed E-state index contributed by atoms with van der Waals surface area (Å²) in [4.78, 5) is 44.0. The number of nitrogens with one attached hydrogen (secondary N) is 2. The summed E-state index contributed by atoms with van der Waals surface area (Å²) in [5.74, 6) is -3.80. The van der Waals surface area contributed by atoms with Gasteiger partial charge < -0.3 is 30.3 Å². The molecule has 0 fully saturated rings. The molecule has 0 aliphatic carbocycles. The summed E-state index contributed by atoms with van der Waals surface area (Å²) in [6.45, 7) is 0.207. The molecule has 0 aliphatic heterocycles. The van der Waals surface area contributed by atoms with Gasteiger partial charge >= 0.3 is 23.9 Å². The van der Waals surface area contributed by atoms with Crippen LogP contribution < -0.4 is 10.6 Å². The van der Waals surface area contributed by atoms with Gasteiger partial charge in [0.1, 0.15) is 12.1 Å². The molecule has 2 atom stereocenters. The molecule has 0 aliphatic rings. The van der Waals surface area contributed by atoms with Gasteiger partial charge in [0.05, 0.1) is 27.1 Å². The van der Waals surface area contributed by atoms with E-state index in [1.54, 1.807) is 0 Å². The van der Waals surface area contributed by atoms with Crippen LogP contribution in [0.25, 0.3) is 0 Å². The van der Waals surface area contributed by atoms with Crippen LogP contribution in [0.4, 0.5) is 0 Å². The van der Waals surface area contributed by atoms with Crippen molar-refractivity contribution in [3.05, 3.63) is 0 Å². The second-order valence-electron chi connectivity index (χ2n) is 4.25. The average Bonchev–Trinajstić information content (AvgIpc) is 2.47. The molecule has 4 N–H and O–H groups in total. The van der Waals surface area contributed by atoms with Crippen LogP contribution in [-0.4, -0.2) is 73.5 Å². The van der Waals surface area contributed by atoms with Crippen LogP contribution in [0.15, 0.2) is 0 Å². The van der Waals surface area contributed by atoms with Crippen molar-refractivity contribution < 1.29 is 38.9 Å². The van der Waals surface area contributed by atoms with Crippen LogP contribution in [0, 0.1) is 0 Å². The predicted molar refractivity (Wildman–Crippen MR) is 72.1 cm³/mol. The summed E-state index contributed by atoms with van der Waals surface area (Å²) < 4.78 is 8.98. The van der Waals surface area contributed by atoms with E-state index in [4.69, 9.17) is 10.2 Å². The number of hydrogen-bond donors (Lipinski definition) is 4. The number of hydrogen-bond acceptors (Lipinski definition) is 8. The van der Waals surface area contributed by atoms with E-state index >= 15 is 0 Å². The number of aliphatic carboxylic acids is 2. The zero-order chi connectivity index (χ0) is 17.1. The van der Waals surface area contributed by atoms with Gasteiger partial charge in [-0.1, -0.05) is 0 Å². The zero-order valence-electron chi connectivity index (χ0n) is 12.3. The third-order valence-corrected chi connectivity index (χ3v) is 2.67. The molecule has 0 radical (unpaired) electrons. The molecule has 0 rings (SSSR count). The monoisotopic (exact) mass is 320 g/mol. The SMILES string of the molecule is COC(=O)CC(NCCNC(CC(=O)O)C(=O)O)C(=O)OC. The molecule has 0 aromatic rings. The molecule has 0 aromatic heterocycles. The highest BCUT2D eigenvalue weighted by molar-refractivity contribution is 5.82. The van der Waals surface area contributed by atoms with Gasteiger partial charge in [-0.3, -0.25) is 19.2 Å². The van der Waals surface area contributed by atoms with Gasteiger partial charge in [-0.25, -0.2) is 0 Å². The van der Waals surface area contributed by atoms with Crippen molar-refractivity contribution in [3.8, 4) is 0 Å². The fourth-order valence-electron chi connectivity index (χ4n) is 1.55. The predicted octanol–water partition coefficient (Wildman–Crippen LogP) is -1.80. The quantitative estimate of drug-likeness (QED) is 0.253. The zero-order valence-corrected chi connectivity index (χ0v) is 12.3. The summed E-state index contributed by atoms with van der Waals surface area (Å²) in [7, 11) is 2.35. The Labute approximate surface area is 126 Å². The molecular weight excluding hydrogens is 300 g/mol. The Balaban J connectivity index is 4.31. The fraction of sp³-hybridized carbons (Fsp3) is 0.667. The van der Waals surface area contributed by atoms with Crippen molar-refractivity contribution in [3.63, 3.8) is 0 Å². The second kappa shape index (κ2) is 10.5. The summed E-state index contributed by atoms with van der Waals surface area (Å²) >= 11 is 0. The molecular formula is C12H20N2O8. The Morgan fingerprint density at radius 1 is 0.909 bits per heavy atom. The largest absolute Gasteiger partial charge is 0.481 e. The van der Waals surface area contributed by atoms with Gasteiger partial charge in [0, 0.05) is 13.1 Å². The molecule has 0 bridgehead atoms. The molecule has 10 nitrogen and oxygen atoms in total. The minimum absolute atomic E-state index is 0.0823. The molecule has 22 heavy (non-hydrogen) atoms. The molecule has 126 valence electrons. The number of esters is 2. The van der Waals surface area contributed by atoms with E-state index in [0.29, 0.717) is 0 Å². The number of carboxylic acid groups (broad SMARTS) is 2. The molecule has 0 amide bonds. The molecule has 0 saturated heterocycles. The first-order chi connectivity index (χ1) is 10.3. The first-order valence-electron chi connectivity index (χ1n) is 6.37. The van der Waals surface area contributed by atoms with Crippen LogP contribution in [0.5, 0.6) is 0 Å². The minimum Gasteiger partial charge on any atom is -0.481 e. The van der Waals surface area contributed by atoms with Crippen molar-refractivity contribution in [1.29, 1.82) is 0 Å². The number of ether oxygens (including phenoxy) is 2. The third-order valence-electron chi connectivity index (χ3n) is 2.67. The highest BCUT2D eigenvalue weighted by Crippen LogP contribution is 1.97. The van der Waals surface area contributed by atoms with E-state index < -0.39 is 42.4 Å². The highest BCUT2D eigenvalue weighted by atomic mass is 16.5. The van der Waals surface area contributed by atoms with Crippen LogP contribution in [0.2, 0.25) is 0 Å². The number of rotatable bonds is 11. The Bertz CT molecular complexity index is 412. The average molecular weight is 320 g/mol. The number of carbonyl (C=O) groups excluding carboxylic acids is 2. The van der Waals surface area contributed by atoms with Crippen molar-refractivity contribution >= 4 is 23.9 Å². The van der Waals surface area contributed by atoms with Crippen LogP contribution in [0.3, 0.4) is 0 Å². The lowest BCUT2D eigenvalue weighted by Crippen LogP contribution is -2.46. The van der Waals surface area contributed by atoms with Gasteiger partial charge in [-0.05, 0) is 0 Å². The van der Waals surface area contributed by atoms with E-state index in [-0.39, 0.29) is 19.5 Å². The summed E-state index contributed by atoms with van der Waals surface area (Å²) in [5, 5.41) is 22.6. The smallest absolute Gasteiger partial charge is 0.323 e. The van der Waals surface area contributed by atoms with E-state index in [0.717, 1.165) is 0 Å². The standard InChI is InChI=1S/C12H20N2O8/c1-21-10(17)6-8(12(20)22-2)14-4-3-13-7(11(18)19)5-9(15)16/h7-8,13-14H,3-6H2,1-2H3,(H,15,16)(H,18,19). The second-order valence-corrected chi connectivity index (χ2v) is 4.25. The maximum Gasteiger partial charge on any atom is 0.323 e. The van der Waals surface area contributed by atoms with Gasteiger partial charge in [-0.2, -0.15) is 0 Å². The molecule has 0 saturated carbocycles. The topological polar surface area (TPSA) is 151 Å². The van der Waals surface area contributed by atoms with Crippen molar-refractivity contribution in [2.75, 3.05) is 27.3 Å². The van der Waals surface area contributed by atoms with Crippen LogP contribution >= 0.6 is 0 Å². The lowest BCUT2D eigenvalue weighted by Gasteiger charge is -2.17. The van der Waals surface area contributed by atoms with Gasteiger partial charge in [0.25, 0.3) is 0 Å². The number of carbonyl (C=O) groups is 4. The maximum absolute atomic E-state index is 11.5. The number of carboxylic acids is 2. The lowest BCUT2D eigenvalue weighted by molar-refractivity contribution is -0.149. The molecule has 0 spiro atoms. The lowest BCUT2D eigenvalue weighted by atomic mass is 10.2. The first kappa shape index (κ1) is 19.8. The molecule has 0 heterocycles. The van der Waals surface area contributed by atoms with Crippen LogP contribution in [0.1, 0.15) is 12.8 Å². The molecule has 0 aromatic carbocycles. The third kappa shape index (κ3) is 8.17. The highest BCUT2D eigenvalue weighted by Gasteiger charge is 2.23.